The van der Waals surface area contributed by atoms with E-state index in [1.807, 2.05) is 0 Å². The van der Waals surface area contributed by atoms with Crippen LogP contribution >= 0.6 is 0 Å². The molecule has 9 aromatic carbocycles. The fourth-order valence-corrected chi connectivity index (χ4v) is 13.3. The summed E-state index contributed by atoms with van der Waals surface area (Å²) >= 11 is 0. The van der Waals surface area contributed by atoms with E-state index < -0.39 is 0 Å². The van der Waals surface area contributed by atoms with Crippen LogP contribution in [0.15, 0.2) is 176 Å². The molecule has 3 heterocycles. The predicted octanol–water partition coefficient (Wildman–Crippen LogP) is 17.3. The maximum absolute atomic E-state index is 2.70. The molecule has 0 unspecified atom stereocenters. The largest absolute Gasteiger partial charge is 0.311 e. The summed E-state index contributed by atoms with van der Waals surface area (Å²) in [6.07, 6.45) is 0. The molecule has 0 bridgehead atoms. The molecule has 0 radical (unpaired) electrons. The lowest BCUT2D eigenvalue weighted by Gasteiger charge is -2.46. The van der Waals surface area contributed by atoms with Crippen LogP contribution in [0.2, 0.25) is 0 Å². The van der Waals surface area contributed by atoms with E-state index >= 15 is 0 Å². The van der Waals surface area contributed by atoms with Crippen LogP contribution < -0.4 is 26.2 Å². The van der Waals surface area contributed by atoms with Crippen LogP contribution in [0, 0.1) is 13.8 Å². The molecule has 13 rings (SSSR count). The molecule has 0 saturated heterocycles. The summed E-state index contributed by atoms with van der Waals surface area (Å²) in [7, 11) is 0. The van der Waals surface area contributed by atoms with Gasteiger partial charge in [-0.1, -0.05) is 185 Å². The number of para-hydroxylation sites is 1. The minimum absolute atomic E-state index is 0.0250. The van der Waals surface area contributed by atoms with E-state index in [0.29, 0.717) is 0 Å². The van der Waals surface area contributed by atoms with E-state index in [-0.39, 0.29) is 28.4 Å². The second-order valence-corrected chi connectivity index (χ2v) is 25.6. The number of fused-ring (bicyclic) bond motifs is 10. The summed E-state index contributed by atoms with van der Waals surface area (Å²) in [5.41, 5.74) is 28.9. The number of hydrogen-bond donors (Lipinski definition) is 0. The van der Waals surface area contributed by atoms with Crippen LogP contribution in [0.25, 0.3) is 49.7 Å². The Morgan fingerprint density at radius 1 is 0.413 bits per heavy atom. The molecule has 1 aliphatic carbocycles. The molecule has 75 heavy (non-hydrogen) atoms. The van der Waals surface area contributed by atoms with Crippen LogP contribution in [-0.4, -0.2) is 11.3 Å². The Balaban J connectivity index is 1.21. The van der Waals surface area contributed by atoms with Gasteiger partial charge in [0.15, 0.2) is 0 Å². The Labute approximate surface area is 445 Å². The van der Waals surface area contributed by atoms with Gasteiger partial charge in [0.05, 0.1) is 22.4 Å². The van der Waals surface area contributed by atoms with Crippen LogP contribution in [-0.2, 0) is 21.7 Å². The molecule has 4 heteroatoms. The fraction of sp³-hybridized carbons (Fsp3) is 0.239. The smallest absolute Gasteiger partial charge is 0.252 e. The van der Waals surface area contributed by atoms with E-state index in [0.717, 1.165) is 5.69 Å². The van der Waals surface area contributed by atoms with Crippen LogP contribution in [0.5, 0.6) is 0 Å². The van der Waals surface area contributed by atoms with Gasteiger partial charge >= 0.3 is 0 Å². The molecule has 0 atom stereocenters. The Kier molecular flexibility index (Phi) is 10.2. The molecule has 0 spiro atoms. The van der Waals surface area contributed by atoms with Crippen molar-refractivity contribution in [2.45, 2.75) is 112 Å². The standard InChI is InChI=1S/C71H68BN3/c1-43-35-46(45-23-16-14-17-24-45)36-44(2)67(43)75-61-38-48(69(6,7)8)31-33-56(61)72-57-41-53-52-37-47(68(3,4)5)32-34-58(52)73(50-25-18-15-19-26-50)60(53)42-62(57)74(63-39-49(70(9,10)11)40-64(75)66(63)72)59-30-22-29-55-65(59)51-27-20-21-28-54(51)71(55,12)13/h14-42H,1-13H3. The van der Waals surface area contributed by atoms with E-state index in [1.54, 1.807) is 0 Å². The zero-order chi connectivity index (χ0) is 52.2. The van der Waals surface area contributed by atoms with Crippen LogP contribution in [0.1, 0.15) is 115 Å². The fourth-order valence-electron chi connectivity index (χ4n) is 13.3. The topological polar surface area (TPSA) is 11.4 Å². The van der Waals surface area contributed by atoms with Crippen molar-refractivity contribution in [1.82, 2.24) is 4.57 Å². The van der Waals surface area contributed by atoms with Gasteiger partial charge in [-0.2, -0.15) is 0 Å². The first kappa shape index (κ1) is 47.2. The number of hydrogen-bond acceptors (Lipinski definition) is 2. The van der Waals surface area contributed by atoms with Crippen molar-refractivity contribution in [3.05, 3.63) is 215 Å². The molecule has 0 N–H and O–H groups in total. The maximum atomic E-state index is 2.70. The Morgan fingerprint density at radius 3 is 1.65 bits per heavy atom. The minimum atomic E-state index is -0.175. The highest BCUT2D eigenvalue weighted by Gasteiger charge is 2.47. The third kappa shape index (κ3) is 7.08. The van der Waals surface area contributed by atoms with Gasteiger partial charge in [0.1, 0.15) is 0 Å². The molecular formula is C71H68BN3. The molecule has 3 nitrogen and oxygen atoms in total. The van der Waals surface area contributed by atoms with Gasteiger partial charge in [0.2, 0.25) is 0 Å². The first-order valence-electron chi connectivity index (χ1n) is 27.2. The molecule has 10 aromatic rings. The van der Waals surface area contributed by atoms with Gasteiger partial charge < -0.3 is 14.4 Å². The molecule has 0 amide bonds. The summed E-state index contributed by atoms with van der Waals surface area (Å²) in [5.74, 6) is 0. The number of anilines is 6. The second kappa shape index (κ2) is 16.2. The molecule has 0 fully saturated rings. The first-order valence-corrected chi connectivity index (χ1v) is 27.2. The predicted molar refractivity (Wildman–Crippen MR) is 323 cm³/mol. The van der Waals surface area contributed by atoms with Crippen molar-refractivity contribution in [1.29, 1.82) is 0 Å². The van der Waals surface area contributed by atoms with Gasteiger partial charge in [0, 0.05) is 50.2 Å². The Bertz CT molecular complexity index is 3980. The van der Waals surface area contributed by atoms with Crippen molar-refractivity contribution in [2.24, 2.45) is 0 Å². The molecule has 370 valence electrons. The summed E-state index contributed by atoms with van der Waals surface area (Å²) < 4.78 is 2.52. The van der Waals surface area contributed by atoms with E-state index in [1.165, 1.54) is 134 Å². The number of aromatic nitrogens is 1. The highest BCUT2D eigenvalue weighted by molar-refractivity contribution is 7.00. The maximum Gasteiger partial charge on any atom is 0.252 e. The highest BCUT2D eigenvalue weighted by atomic mass is 15.2. The van der Waals surface area contributed by atoms with Crippen molar-refractivity contribution < 1.29 is 0 Å². The lowest BCUT2D eigenvalue weighted by molar-refractivity contribution is 0.590. The molecule has 2 aliphatic heterocycles. The van der Waals surface area contributed by atoms with Crippen molar-refractivity contribution >= 4 is 79.0 Å². The lowest BCUT2D eigenvalue weighted by atomic mass is 9.33. The molecular weight excluding hydrogens is 906 g/mol. The zero-order valence-corrected chi connectivity index (χ0v) is 46.2. The first-order chi connectivity index (χ1) is 35.7. The number of aryl methyl sites for hydroxylation is 2. The molecule has 0 saturated carbocycles. The quantitative estimate of drug-likeness (QED) is 0.163. The van der Waals surface area contributed by atoms with E-state index in [2.05, 4.69) is 280 Å². The van der Waals surface area contributed by atoms with Gasteiger partial charge in [0.25, 0.3) is 6.71 Å². The Hall–Kier alpha value is -7.56. The third-order valence-corrected chi connectivity index (χ3v) is 17.2. The average molecular weight is 974 g/mol. The van der Waals surface area contributed by atoms with Crippen molar-refractivity contribution in [3.8, 4) is 27.9 Å². The van der Waals surface area contributed by atoms with Crippen LogP contribution in [0.3, 0.4) is 0 Å². The summed E-state index contributed by atoms with van der Waals surface area (Å²) in [6.45, 7) is 30.6. The summed E-state index contributed by atoms with van der Waals surface area (Å²) in [6, 6.07) is 68.0. The summed E-state index contributed by atoms with van der Waals surface area (Å²) in [5, 5.41) is 2.56. The van der Waals surface area contributed by atoms with E-state index in [4.69, 9.17) is 0 Å². The Morgan fingerprint density at radius 2 is 0.973 bits per heavy atom. The lowest BCUT2D eigenvalue weighted by Crippen LogP contribution is -2.61. The van der Waals surface area contributed by atoms with E-state index in [9.17, 15) is 0 Å². The van der Waals surface area contributed by atoms with Crippen molar-refractivity contribution in [3.63, 3.8) is 0 Å². The van der Waals surface area contributed by atoms with Gasteiger partial charge in [-0.05, 0) is 169 Å². The number of rotatable bonds is 4. The number of benzene rings is 9. The second-order valence-electron chi connectivity index (χ2n) is 25.6. The van der Waals surface area contributed by atoms with Crippen LogP contribution in [0.4, 0.5) is 34.1 Å². The minimum Gasteiger partial charge on any atom is -0.311 e. The van der Waals surface area contributed by atoms with Gasteiger partial charge in [-0.3, -0.25) is 0 Å². The summed E-state index contributed by atoms with van der Waals surface area (Å²) in [4.78, 5) is 5.38. The zero-order valence-electron chi connectivity index (χ0n) is 46.2. The third-order valence-electron chi connectivity index (χ3n) is 17.2. The average Bonchev–Trinajstić information content (AvgIpc) is 3.93. The number of nitrogens with zero attached hydrogens (tertiary/aromatic N) is 3. The van der Waals surface area contributed by atoms with Gasteiger partial charge in [-0.15, -0.1) is 0 Å². The molecule has 1 aromatic heterocycles. The normalized spacial score (nSPS) is 14.5. The molecule has 3 aliphatic rings. The van der Waals surface area contributed by atoms with Crippen molar-refractivity contribution in [2.75, 3.05) is 9.80 Å². The van der Waals surface area contributed by atoms with Gasteiger partial charge in [-0.25, -0.2) is 0 Å². The highest BCUT2D eigenvalue weighted by Crippen LogP contribution is 2.56. The SMILES string of the molecule is Cc1cc(-c2ccccc2)cc(C)c1N1c2cc(C(C)(C)C)ccc2B2c3cc4c5cc(C(C)(C)C)ccc5n(-c5ccccc5)c4cc3N(c3cccc4c3-c3ccccc3C4(C)C)c3cc(C(C)(C)C)cc1c32. The monoisotopic (exact) mass is 974 g/mol.